The maximum Gasteiger partial charge on any atom is 0.290 e. The van der Waals surface area contributed by atoms with Crippen LogP contribution in [0.5, 0.6) is 0 Å². The Bertz CT molecular complexity index is 1230. The molecule has 3 heterocycles. The van der Waals surface area contributed by atoms with Crippen molar-refractivity contribution in [3.63, 3.8) is 0 Å². The molecule has 2 aliphatic heterocycles. The lowest BCUT2D eigenvalue weighted by molar-refractivity contribution is -0.110. The van der Waals surface area contributed by atoms with E-state index in [0.29, 0.717) is 31.9 Å². The number of piperidine rings is 1. The third-order valence-corrected chi connectivity index (χ3v) is 8.20. The van der Waals surface area contributed by atoms with Gasteiger partial charge in [-0.15, -0.1) is 0 Å². The second-order valence-electron chi connectivity index (χ2n) is 10.1. The fourth-order valence-corrected chi connectivity index (χ4v) is 6.46. The highest BCUT2D eigenvalue weighted by molar-refractivity contribution is 5.92. The Kier molecular flexibility index (Phi) is 5.69. The van der Waals surface area contributed by atoms with E-state index in [1.54, 1.807) is 12.1 Å². The molecule has 1 amide bonds. The number of hydrogen-bond acceptors (Lipinski definition) is 4. The maximum atomic E-state index is 14.1. The van der Waals surface area contributed by atoms with Gasteiger partial charge in [0.15, 0.2) is 5.82 Å². The van der Waals surface area contributed by atoms with Crippen molar-refractivity contribution in [2.75, 3.05) is 13.1 Å². The number of hydrogen-bond donors (Lipinski definition) is 2. The van der Waals surface area contributed by atoms with Gasteiger partial charge in [0, 0.05) is 43.7 Å². The predicted molar refractivity (Wildman–Crippen MR) is 131 cm³/mol. The molecule has 7 heteroatoms. The summed E-state index contributed by atoms with van der Waals surface area (Å²) in [6.45, 7) is 2.55. The average molecular weight is 475 g/mol. The van der Waals surface area contributed by atoms with E-state index >= 15 is 0 Å². The van der Waals surface area contributed by atoms with Gasteiger partial charge in [-0.3, -0.25) is 4.79 Å². The van der Waals surface area contributed by atoms with Gasteiger partial charge in [-0.2, -0.15) is 0 Å². The topological polar surface area (TPSA) is 70.4 Å². The molecule has 2 fully saturated rings. The third kappa shape index (κ3) is 3.78. The summed E-state index contributed by atoms with van der Waals surface area (Å²) in [5.74, 6) is 0.105. The molecule has 2 aromatic carbocycles. The molecule has 0 bridgehead atoms. The first-order valence-electron chi connectivity index (χ1n) is 12.7. The van der Waals surface area contributed by atoms with E-state index in [1.165, 1.54) is 12.1 Å². The van der Waals surface area contributed by atoms with Crippen LogP contribution in [0, 0.1) is 11.7 Å². The van der Waals surface area contributed by atoms with Crippen LogP contribution in [-0.2, 0) is 18.7 Å². The molecule has 1 saturated heterocycles. The molecule has 0 spiro atoms. The van der Waals surface area contributed by atoms with Crippen molar-refractivity contribution < 1.29 is 14.3 Å². The Labute approximate surface area is 204 Å². The van der Waals surface area contributed by atoms with E-state index in [9.17, 15) is 14.3 Å². The van der Waals surface area contributed by atoms with Gasteiger partial charge in [0.25, 0.3) is 5.91 Å². The van der Waals surface area contributed by atoms with Crippen LogP contribution in [0.25, 0.3) is 11.3 Å². The first-order chi connectivity index (χ1) is 17.1. The Hall–Kier alpha value is -3.03. The first kappa shape index (κ1) is 22.4. The number of carbonyl (C=O) groups excluding carboxylic acids is 1. The minimum atomic E-state index is -0.918. The van der Waals surface area contributed by atoms with Crippen LogP contribution in [-0.4, -0.2) is 44.6 Å². The van der Waals surface area contributed by atoms with Gasteiger partial charge in [-0.05, 0) is 49.1 Å². The van der Waals surface area contributed by atoms with Crippen molar-refractivity contribution >= 4 is 5.91 Å². The second kappa shape index (κ2) is 8.88. The van der Waals surface area contributed by atoms with Crippen LogP contribution >= 0.6 is 0 Å². The zero-order chi connectivity index (χ0) is 24.0. The molecule has 2 N–H and O–H groups in total. The van der Waals surface area contributed by atoms with Crippen molar-refractivity contribution in [2.24, 2.45) is 5.92 Å². The normalized spacial score (nSPS) is 26.2. The Balaban J connectivity index is 1.36. The summed E-state index contributed by atoms with van der Waals surface area (Å²) in [6, 6.07) is 16.2. The van der Waals surface area contributed by atoms with Gasteiger partial charge in [0.2, 0.25) is 0 Å². The Morgan fingerprint density at radius 2 is 1.83 bits per heavy atom. The van der Waals surface area contributed by atoms with Crippen molar-refractivity contribution in [3.05, 3.63) is 77.5 Å². The molecule has 1 aromatic heterocycles. The Morgan fingerprint density at radius 1 is 1.06 bits per heavy atom. The largest absolute Gasteiger partial charge is 0.385 e. The first-order valence-corrected chi connectivity index (χ1v) is 12.7. The SMILES string of the molecule is O=C(c1nc(-c2ccc(F)cc2)c2n1CCNC2)N1CCC(O)(c2ccccc2)C2CCCCC21. The number of nitrogens with zero attached hydrogens (tertiary/aromatic N) is 3. The van der Waals surface area contributed by atoms with Crippen LogP contribution < -0.4 is 5.32 Å². The number of aromatic nitrogens is 2. The molecule has 3 aromatic rings. The molecule has 6 rings (SSSR count). The molecule has 35 heavy (non-hydrogen) atoms. The second-order valence-corrected chi connectivity index (χ2v) is 10.1. The number of fused-ring (bicyclic) bond motifs is 2. The summed E-state index contributed by atoms with van der Waals surface area (Å²) in [4.78, 5) is 20.9. The molecule has 1 aliphatic carbocycles. The fraction of sp³-hybridized carbons (Fsp3) is 0.429. The lowest BCUT2D eigenvalue weighted by atomic mass is 9.66. The molecule has 1 saturated carbocycles. The number of imidazole rings is 1. The standard InChI is InChI=1S/C28H31FN4O2/c29-21-12-10-19(11-13-21)25-24-18-30-15-17-32(24)26(31-25)27(34)33-16-14-28(35,20-6-2-1-3-7-20)22-8-4-5-9-23(22)33/h1-3,6-7,10-13,22-23,30,35H,4-5,8-9,14-18H2. The van der Waals surface area contributed by atoms with E-state index < -0.39 is 5.60 Å². The zero-order valence-corrected chi connectivity index (χ0v) is 19.8. The number of rotatable bonds is 3. The van der Waals surface area contributed by atoms with Crippen LogP contribution in [0.1, 0.15) is 54.0 Å². The summed E-state index contributed by atoms with van der Waals surface area (Å²) in [7, 11) is 0. The van der Waals surface area contributed by atoms with Gasteiger partial charge in [0.1, 0.15) is 5.82 Å². The molecule has 3 unspecified atom stereocenters. The van der Waals surface area contributed by atoms with E-state index in [-0.39, 0.29) is 23.7 Å². The lowest BCUT2D eigenvalue weighted by Crippen LogP contribution is -2.59. The summed E-state index contributed by atoms with van der Waals surface area (Å²) in [5, 5.41) is 15.3. The summed E-state index contributed by atoms with van der Waals surface area (Å²) in [5.41, 5.74) is 2.54. The summed E-state index contributed by atoms with van der Waals surface area (Å²) < 4.78 is 15.6. The number of carbonyl (C=O) groups is 1. The number of nitrogens with one attached hydrogen (secondary N) is 1. The lowest BCUT2D eigenvalue weighted by Gasteiger charge is -2.52. The smallest absolute Gasteiger partial charge is 0.290 e. The highest BCUT2D eigenvalue weighted by atomic mass is 19.1. The average Bonchev–Trinajstić information content (AvgIpc) is 3.29. The van der Waals surface area contributed by atoms with E-state index in [0.717, 1.165) is 54.7 Å². The van der Waals surface area contributed by atoms with Gasteiger partial charge >= 0.3 is 0 Å². The van der Waals surface area contributed by atoms with Crippen molar-refractivity contribution in [3.8, 4) is 11.3 Å². The minimum Gasteiger partial charge on any atom is -0.385 e. The Morgan fingerprint density at radius 3 is 2.63 bits per heavy atom. The molecular weight excluding hydrogens is 443 g/mol. The maximum absolute atomic E-state index is 14.1. The van der Waals surface area contributed by atoms with Gasteiger partial charge in [0.05, 0.1) is 17.0 Å². The molecule has 3 aliphatic rings. The molecule has 0 radical (unpaired) electrons. The van der Waals surface area contributed by atoms with Crippen LogP contribution in [0.15, 0.2) is 54.6 Å². The van der Waals surface area contributed by atoms with Gasteiger partial charge in [-0.25, -0.2) is 9.37 Å². The molecule has 182 valence electrons. The summed E-state index contributed by atoms with van der Waals surface area (Å²) >= 11 is 0. The monoisotopic (exact) mass is 474 g/mol. The molecule has 6 nitrogen and oxygen atoms in total. The van der Waals surface area contributed by atoms with Crippen LogP contribution in [0.2, 0.25) is 0 Å². The van der Waals surface area contributed by atoms with Crippen LogP contribution in [0.4, 0.5) is 4.39 Å². The van der Waals surface area contributed by atoms with E-state index in [4.69, 9.17) is 4.98 Å². The van der Waals surface area contributed by atoms with E-state index in [2.05, 4.69) is 5.32 Å². The van der Waals surface area contributed by atoms with Crippen molar-refractivity contribution in [2.45, 2.75) is 56.8 Å². The van der Waals surface area contributed by atoms with Gasteiger partial charge < -0.3 is 19.9 Å². The van der Waals surface area contributed by atoms with Gasteiger partial charge in [-0.1, -0.05) is 43.2 Å². The highest BCUT2D eigenvalue weighted by Crippen LogP contribution is 2.47. The van der Waals surface area contributed by atoms with Crippen molar-refractivity contribution in [1.29, 1.82) is 0 Å². The predicted octanol–water partition coefficient (Wildman–Crippen LogP) is 4.08. The quantitative estimate of drug-likeness (QED) is 0.600. The third-order valence-electron chi connectivity index (χ3n) is 8.20. The number of benzene rings is 2. The zero-order valence-electron chi connectivity index (χ0n) is 19.8. The number of halogens is 1. The number of amides is 1. The molecular formula is C28H31FN4O2. The fourth-order valence-electron chi connectivity index (χ4n) is 6.46. The van der Waals surface area contributed by atoms with Crippen molar-refractivity contribution in [1.82, 2.24) is 19.8 Å². The van der Waals surface area contributed by atoms with E-state index in [1.807, 2.05) is 39.8 Å². The number of likely N-dealkylation sites (tertiary alicyclic amines) is 1. The number of aliphatic hydroxyl groups is 1. The minimum absolute atomic E-state index is 0.00498. The van der Waals surface area contributed by atoms with Crippen LogP contribution in [0.3, 0.4) is 0 Å². The summed E-state index contributed by atoms with van der Waals surface area (Å²) in [6.07, 6.45) is 4.44. The highest BCUT2D eigenvalue weighted by Gasteiger charge is 2.50. The molecule has 3 atom stereocenters.